The van der Waals surface area contributed by atoms with Gasteiger partial charge in [-0.15, -0.1) is 0 Å². The Morgan fingerprint density at radius 3 is 2.71 bits per heavy atom. The maximum Gasteiger partial charge on any atom is 0.139 e. The predicted molar refractivity (Wildman–Crippen MR) is 87.1 cm³/mol. The van der Waals surface area contributed by atoms with Crippen molar-refractivity contribution in [1.82, 2.24) is 4.98 Å². The quantitative estimate of drug-likeness (QED) is 0.663. The Hall–Kier alpha value is -1.58. The fraction of sp³-hybridized carbons (Fsp3) is 0.647. The number of nitrogens with zero attached hydrogens (tertiary/aromatic N) is 2. The summed E-state index contributed by atoms with van der Waals surface area (Å²) in [6, 6.07) is 2.11. The van der Waals surface area contributed by atoms with Crippen molar-refractivity contribution in [2.75, 3.05) is 18.0 Å². The maximum absolute atomic E-state index is 7.88. The number of fused-ring (bicyclic) bond motifs is 1. The molecule has 2 aliphatic rings. The Labute approximate surface area is 127 Å². The maximum atomic E-state index is 7.88. The van der Waals surface area contributed by atoms with Gasteiger partial charge in [0.25, 0.3) is 0 Å². The third-order valence-electron chi connectivity index (χ3n) is 5.44. The average molecular weight is 286 g/mol. The molecule has 2 heterocycles. The van der Waals surface area contributed by atoms with Gasteiger partial charge in [0.1, 0.15) is 11.7 Å². The van der Waals surface area contributed by atoms with Crippen LogP contribution in [-0.4, -0.2) is 23.9 Å². The van der Waals surface area contributed by atoms with Crippen LogP contribution in [0.15, 0.2) is 6.07 Å². The molecule has 1 fully saturated rings. The number of aromatic nitrogens is 1. The summed E-state index contributed by atoms with van der Waals surface area (Å²) in [5, 5.41) is 7.88. The number of aryl methyl sites for hydroxylation is 2. The number of amidine groups is 1. The van der Waals surface area contributed by atoms with Crippen LogP contribution in [0.4, 0.5) is 5.82 Å². The highest BCUT2D eigenvalue weighted by atomic mass is 15.2. The molecular weight excluding hydrogens is 260 g/mol. The molecule has 1 saturated heterocycles. The molecule has 21 heavy (non-hydrogen) atoms. The lowest BCUT2D eigenvalue weighted by Crippen LogP contribution is -2.40. The number of hydrogen-bond donors (Lipinski definition) is 2. The number of pyridine rings is 1. The highest BCUT2D eigenvalue weighted by Crippen LogP contribution is 2.36. The molecule has 0 spiro atoms. The van der Waals surface area contributed by atoms with Gasteiger partial charge in [-0.2, -0.15) is 0 Å². The van der Waals surface area contributed by atoms with Crippen molar-refractivity contribution in [1.29, 1.82) is 5.41 Å². The molecule has 3 rings (SSSR count). The van der Waals surface area contributed by atoms with Crippen molar-refractivity contribution in [3.8, 4) is 0 Å². The molecule has 0 bridgehead atoms. The zero-order valence-corrected chi connectivity index (χ0v) is 13.2. The van der Waals surface area contributed by atoms with E-state index in [4.69, 9.17) is 16.1 Å². The van der Waals surface area contributed by atoms with Crippen molar-refractivity contribution >= 4 is 11.7 Å². The van der Waals surface area contributed by atoms with Gasteiger partial charge in [-0.05, 0) is 49.1 Å². The van der Waals surface area contributed by atoms with Crippen LogP contribution in [0.5, 0.6) is 0 Å². The minimum atomic E-state index is 0.149. The summed E-state index contributed by atoms with van der Waals surface area (Å²) in [4.78, 5) is 7.22. The van der Waals surface area contributed by atoms with E-state index in [9.17, 15) is 0 Å². The molecule has 0 saturated carbocycles. The second kappa shape index (κ2) is 5.32. The van der Waals surface area contributed by atoms with Crippen LogP contribution in [0, 0.1) is 10.8 Å². The third kappa shape index (κ3) is 2.63. The number of nitrogens with one attached hydrogen (secondary N) is 1. The molecule has 3 N–H and O–H groups in total. The van der Waals surface area contributed by atoms with E-state index in [2.05, 4.69) is 24.8 Å². The van der Waals surface area contributed by atoms with Crippen molar-refractivity contribution in [2.45, 2.75) is 52.4 Å². The Morgan fingerprint density at radius 2 is 2.10 bits per heavy atom. The summed E-state index contributed by atoms with van der Waals surface area (Å²) < 4.78 is 0. The Morgan fingerprint density at radius 1 is 1.38 bits per heavy atom. The Bertz CT molecular complexity index is 556. The molecule has 0 unspecified atom stereocenters. The van der Waals surface area contributed by atoms with E-state index in [1.54, 1.807) is 0 Å². The zero-order chi connectivity index (χ0) is 15.0. The summed E-state index contributed by atoms with van der Waals surface area (Å²) in [6.45, 7) is 6.71. The highest BCUT2D eigenvalue weighted by Gasteiger charge is 2.30. The fourth-order valence-corrected chi connectivity index (χ4v) is 3.51. The highest BCUT2D eigenvalue weighted by molar-refractivity contribution is 6.00. The molecule has 1 aliphatic carbocycles. The van der Waals surface area contributed by atoms with E-state index < -0.39 is 0 Å². The lowest BCUT2D eigenvalue weighted by atomic mass is 9.78. The Kier molecular flexibility index (Phi) is 3.64. The molecule has 114 valence electrons. The minimum absolute atomic E-state index is 0.149. The van der Waals surface area contributed by atoms with Gasteiger partial charge in [-0.3, -0.25) is 5.41 Å². The number of rotatable bonds is 3. The van der Waals surface area contributed by atoms with Crippen molar-refractivity contribution < 1.29 is 0 Å². The largest absolute Gasteiger partial charge is 0.384 e. The van der Waals surface area contributed by atoms with Gasteiger partial charge in [-0.1, -0.05) is 20.3 Å². The minimum Gasteiger partial charge on any atom is -0.384 e. The van der Waals surface area contributed by atoms with Crippen LogP contribution in [0.25, 0.3) is 0 Å². The summed E-state index contributed by atoms with van der Waals surface area (Å²) >= 11 is 0. The van der Waals surface area contributed by atoms with Crippen LogP contribution in [-0.2, 0) is 12.8 Å². The first-order valence-corrected chi connectivity index (χ1v) is 8.14. The van der Waals surface area contributed by atoms with E-state index in [-0.39, 0.29) is 5.84 Å². The smallest absolute Gasteiger partial charge is 0.139 e. The zero-order valence-electron chi connectivity index (χ0n) is 13.2. The molecule has 4 nitrogen and oxygen atoms in total. The number of nitrogens with two attached hydrogens (primary N) is 1. The summed E-state index contributed by atoms with van der Waals surface area (Å²) in [5.74, 6) is 1.09. The van der Waals surface area contributed by atoms with E-state index in [1.807, 2.05) is 0 Å². The summed E-state index contributed by atoms with van der Waals surface area (Å²) in [5.41, 5.74) is 9.61. The molecular formula is C17H26N4. The van der Waals surface area contributed by atoms with E-state index >= 15 is 0 Å². The van der Waals surface area contributed by atoms with Gasteiger partial charge in [0.05, 0.1) is 5.56 Å². The van der Waals surface area contributed by atoms with E-state index in [0.29, 0.717) is 5.41 Å². The monoisotopic (exact) mass is 286 g/mol. The molecule has 0 amide bonds. The molecule has 1 aliphatic heterocycles. The molecule has 1 aromatic rings. The SMILES string of the molecule is CCC1(C)CCN(c2nc3c(cc2C(=N)N)CCC3)CC1. The lowest BCUT2D eigenvalue weighted by molar-refractivity contribution is 0.237. The fourth-order valence-electron chi connectivity index (χ4n) is 3.51. The van der Waals surface area contributed by atoms with Crippen LogP contribution in [0.1, 0.15) is 56.4 Å². The first-order chi connectivity index (χ1) is 10.0. The Balaban J connectivity index is 1.90. The number of nitrogen functional groups attached to an aromatic ring is 1. The van der Waals surface area contributed by atoms with Crippen LogP contribution in [0.3, 0.4) is 0 Å². The second-order valence-corrected chi connectivity index (χ2v) is 6.88. The summed E-state index contributed by atoms with van der Waals surface area (Å²) in [6.07, 6.45) is 6.95. The normalized spacial score (nSPS) is 20.4. The molecule has 1 aromatic heterocycles. The van der Waals surface area contributed by atoms with Crippen LogP contribution in [0.2, 0.25) is 0 Å². The standard InChI is InChI=1S/C17H26N4/c1-3-17(2)7-9-21(10-8-17)16-13(15(18)19)11-12-5-4-6-14(12)20-16/h11H,3-10H2,1-2H3,(H3,18,19). The first-order valence-electron chi connectivity index (χ1n) is 8.14. The number of anilines is 1. The number of hydrogen-bond acceptors (Lipinski definition) is 3. The van der Waals surface area contributed by atoms with Crippen molar-refractivity contribution in [3.05, 3.63) is 22.9 Å². The van der Waals surface area contributed by atoms with E-state index in [0.717, 1.165) is 37.3 Å². The lowest BCUT2D eigenvalue weighted by Gasteiger charge is -2.40. The molecule has 0 aromatic carbocycles. The summed E-state index contributed by atoms with van der Waals surface area (Å²) in [7, 11) is 0. The van der Waals surface area contributed by atoms with Gasteiger partial charge in [-0.25, -0.2) is 4.98 Å². The van der Waals surface area contributed by atoms with Crippen LogP contribution >= 0.6 is 0 Å². The van der Waals surface area contributed by atoms with Gasteiger partial charge < -0.3 is 10.6 Å². The molecule has 4 heteroatoms. The molecule has 0 radical (unpaired) electrons. The van der Waals surface area contributed by atoms with Gasteiger partial charge in [0.15, 0.2) is 0 Å². The van der Waals surface area contributed by atoms with E-state index in [1.165, 1.54) is 36.9 Å². The van der Waals surface area contributed by atoms with Crippen molar-refractivity contribution in [2.24, 2.45) is 11.1 Å². The average Bonchev–Trinajstić information content (AvgIpc) is 2.94. The number of piperidine rings is 1. The third-order valence-corrected chi connectivity index (χ3v) is 5.44. The van der Waals surface area contributed by atoms with Gasteiger partial charge in [0, 0.05) is 18.8 Å². The van der Waals surface area contributed by atoms with Crippen molar-refractivity contribution in [3.63, 3.8) is 0 Å². The first kappa shape index (κ1) is 14.4. The van der Waals surface area contributed by atoms with Crippen LogP contribution < -0.4 is 10.6 Å². The topological polar surface area (TPSA) is 66.0 Å². The van der Waals surface area contributed by atoms with Gasteiger partial charge in [0.2, 0.25) is 0 Å². The van der Waals surface area contributed by atoms with Gasteiger partial charge >= 0.3 is 0 Å². The molecule has 0 atom stereocenters. The predicted octanol–water partition coefficient (Wildman–Crippen LogP) is 2.87. The second-order valence-electron chi connectivity index (χ2n) is 6.88.